The van der Waals surface area contributed by atoms with Crippen LogP contribution in [-0.4, -0.2) is 10.2 Å². The smallest absolute Gasteiger partial charge is 0.145 e. The van der Waals surface area contributed by atoms with Crippen molar-refractivity contribution in [2.24, 2.45) is 0 Å². The van der Waals surface area contributed by atoms with Crippen molar-refractivity contribution in [3.8, 4) is 11.3 Å². The Labute approximate surface area is 88.6 Å². The van der Waals surface area contributed by atoms with Gasteiger partial charge in [0.1, 0.15) is 5.82 Å². The zero-order valence-corrected chi connectivity index (χ0v) is 8.62. The molecule has 2 rings (SSSR count). The third-order valence-corrected chi connectivity index (χ3v) is 2.26. The van der Waals surface area contributed by atoms with Gasteiger partial charge in [0, 0.05) is 11.6 Å². The van der Waals surface area contributed by atoms with Crippen molar-refractivity contribution in [2.75, 3.05) is 5.73 Å². The minimum Gasteiger partial charge on any atom is -0.382 e. The highest BCUT2D eigenvalue weighted by Crippen LogP contribution is 2.22. The van der Waals surface area contributed by atoms with Gasteiger partial charge in [0.25, 0.3) is 0 Å². The molecule has 0 radical (unpaired) electrons. The Morgan fingerprint density at radius 2 is 2.20 bits per heavy atom. The number of allylic oxidation sites excluding steroid dienone is 1. The Morgan fingerprint density at radius 3 is 2.80 bits per heavy atom. The van der Waals surface area contributed by atoms with Gasteiger partial charge in [-0.3, -0.25) is 5.10 Å². The number of hydrogen-bond donors (Lipinski definition) is 2. The first-order chi connectivity index (χ1) is 7.16. The second kappa shape index (κ2) is 3.61. The van der Waals surface area contributed by atoms with E-state index in [1.165, 1.54) is 0 Å². The van der Waals surface area contributed by atoms with Crippen LogP contribution in [0.15, 0.2) is 36.9 Å². The maximum absolute atomic E-state index is 5.55. The minimum atomic E-state index is 0.505. The summed E-state index contributed by atoms with van der Waals surface area (Å²) >= 11 is 0. The van der Waals surface area contributed by atoms with Crippen LogP contribution in [-0.2, 0) is 0 Å². The quantitative estimate of drug-likeness (QED) is 0.781. The van der Waals surface area contributed by atoms with E-state index in [9.17, 15) is 0 Å². The number of nitrogens with zero attached hydrogens (tertiary/aromatic N) is 1. The number of nitrogens with one attached hydrogen (secondary N) is 1. The predicted molar refractivity (Wildman–Crippen MR) is 63.1 cm³/mol. The van der Waals surface area contributed by atoms with Gasteiger partial charge >= 0.3 is 0 Å². The molecule has 0 unspecified atom stereocenters. The van der Waals surface area contributed by atoms with E-state index in [1.54, 1.807) is 0 Å². The average molecular weight is 199 g/mol. The Kier molecular flexibility index (Phi) is 2.29. The van der Waals surface area contributed by atoms with Crippen LogP contribution in [0, 0.1) is 0 Å². The van der Waals surface area contributed by atoms with Gasteiger partial charge in [-0.1, -0.05) is 30.4 Å². The van der Waals surface area contributed by atoms with Crippen molar-refractivity contribution in [1.82, 2.24) is 10.2 Å². The lowest BCUT2D eigenvalue weighted by molar-refractivity contribution is 1.10. The van der Waals surface area contributed by atoms with Crippen LogP contribution < -0.4 is 5.73 Å². The summed E-state index contributed by atoms with van der Waals surface area (Å²) in [5, 5.41) is 6.78. The SMILES string of the molecule is C=C(C)c1cccc(-c2cc(N)n[nH]2)c1. The Balaban J connectivity index is 2.45. The van der Waals surface area contributed by atoms with Gasteiger partial charge in [-0.15, -0.1) is 0 Å². The first-order valence-corrected chi connectivity index (χ1v) is 4.74. The van der Waals surface area contributed by atoms with Crippen LogP contribution >= 0.6 is 0 Å². The van der Waals surface area contributed by atoms with Crippen molar-refractivity contribution in [3.05, 3.63) is 42.5 Å². The second-order valence-electron chi connectivity index (χ2n) is 3.57. The number of rotatable bonds is 2. The molecule has 0 fully saturated rings. The van der Waals surface area contributed by atoms with Gasteiger partial charge in [0.15, 0.2) is 0 Å². The lowest BCUT2D eigenvalue weighted by Crippen LogP contribution is -1.81. The van der Waals surface area contributed by atoms with Crippen molar-refractivity contribution >= 4 is 11.4 Å². The van der Waals surface area contributed by atoms with E-state index in [4.69, 9.17) is 5.73 Å². The van der Waals surface area contributed by atoms with Crippen molar-refractivity contribution in [1.29, 1.82) is 0 Å². The summed E-state index contributed by atoms with van der Waals surface area (Å²) in [6, 6.07) is 9.92. The van der Waals surface area contributed by atoms with Crippen LogP contribution in [0.3, 0.4) is 0 Å². The number of H-pyrrole nitrogens is 1. The van der Waals surface area contributed by atoms with Gasteiger partial charge in [-0.25, -0.2) is 0 Å². The number of aromatic nitrogens is 2. The summed E-state index contributed by atoms with van der Waals surface area (Å²) in [6.45, 7) is 5.90. The van der Waals surface area contributed by atoms with E-state index in [0.29, 0.717) is 5.82 Å². The maximum Gasteiger partial charge on any atom is 0.145 e. The molecule has 0 saturated heterocycles. The third-order valence-electron chi connectivity index (χ3n) is 2.26. The van der Waals surface area contributed by atoms with E-state index >= 15 is 0 Å². The first-order valence-electron chi connectivity index (χ1n) is 4.74. The fourth-order valence-electron chi connectivity index (χ4n) is 1.44. The molecule has 0 amide bonds. The highest BCUT2D eigenvalue weighted by molar-refractivity contribution is 5.69. The molecule has 0 aliphatic carbocycles. The molecule has 76 valence electrons. The minimum absolute atomic E-state index is 0.505. The normalized spacial score (nSPS) is 10.2. The van der Waals surface area contributed by atoms with Crippen LogP contribution in [0.2, 0.25) is 0 Å². The molecule has 0 bridgehead atoms. The molecule has 3 nitrogen and oxygen atoms in total. The number of hydrogen-bond acceptors (Lipinski definition) is 2. The molecule has 1 aromatic carbocycles. The molecule has 1 heterocycles. The molecule has 0 spiro atoms. The van der Waals surface area contributed by atoms with E-state index in [1.807, 2.05) is 31.2 Å². The Bertz CT molecular complexity index is 497. The number of benzene rings is 1. The largest absolute Gasteiger partial charge is 0.382 e. The van der Waals surface area contributed by atoms with Crippen LogP contribution in [0.1, 0.15) is 12.5 Å². The Morgan fingerprint density at radius 1 is 1.40 bits per heavy atom. The summed E-state index contributed by atoms with van der Waals surface area (Å²) < 4.78 is 0. The van der Waals surface area contributed by atoms with Gasteiger partial charge in [0.2, 0.25) is 0 Å². The van der Waals surface area contributed by atoms with Crippen molar-refractivity contribution < 1.29 is 0 Å². The summed E-state index contributed by atoms with van der Waals surface area (Å²) in [5.41, 5.74) is 9.72. The molecule has 0 aliphatic heterocycles. The highest BCUT2D eigenvalue weighted by atomic mass is 15.2. The molecule has 2 aromatic rings. The number of anilines is 1. The molecule has 0 aliphatic rings. The van der Waals surface area contributed by atoms with Gasteiger partial charge < -0.3 is 5.73 Å². The van der Waals surface area contributed by atoms with Crippen LogP contribution in [0.4, 0.5) is 5.82 Å². The van der Waals surface area contributed by atoms with Gasteiger partial charge in [-0.2, -0.15) is 5.10 Å². The summed E-state index contributed by atoms with van der Waals surface area (Å²) in [7, 11) is 0. The van der Waals surface area contributed by atoms with Crippen LogP contribution in [0.25, 0.3) is 16.8 Å². The number of nitrogens with two attached hydrogens (primary N) is 1. The number of nitrogen functional groups attached to an aromatic ring is 1. The Hall–Kier alpha value is -2.03. The second-order valence-corrected chi connectivity index (χ2v) is 3.57. The molecule has 0 atom stereocenters. The molecular formula is C12H13N3. The molecular weight excluding hydrogens is 186 g/mol. The average Bonchev–Trinajstić information content (AvgIpc) is 2.65. The van der Waals surface area contributed by atoms with Crippen LogP contribution in [0.5, 0.6) is 0 Å². The highest BCUT2D eigenvalue weighted by Gasteiger charge is 2.02. The summed E-state index contributed by atoms with van der Waals surface area (Å²) in [6.07, 6.45) is 0. The molecule has 3 N–H and O–H groups in total. The summed E-state index contributed by atoms with van der Waals surface area (Å²) in [4.78, 5) is 0. The lowest BCUT2D eigenvalue weighted by Gasteiger charge is -2.02. The van der Waals surface area contributed by atoms with E-state index in [0.717, 1.165) is 22.4 Å². The molecule has 0 saturated carbocycles. The molecule has 3 heteroatoms. The number of aromatic amines is 1. The van der Waals surface area contributed by atoms with E-state index in [2.05, 4.69) is 22.8 Å². The molecule has 1 aromatic heterocycles. The van der Waals surface area contributed by atoms with Gasteiger partial charge in [-0.05, 0) is 18.6 Å². The molecule has 15 heavy (non-hydrogen) atoms. The fraction of sp³-hybridized carbons (Fsp3) is 0.0833. The zero-order valence-electron chi connectivity index (χ0n) is 8.62. The third kappa shape index (κ3) is 1.91. The van der Waals surface area contributed by atoms with Crippen molar-refractivity contribution in [3.63, 3.8) is 0 Å². The predicted octanol–water partition coefficient (Wildman–Crippen LogP) is 2.69. The van der Waals surface area contributed by atoms with E-state index < -0.39 is 0 Å². The fourth-order valence-corrected chi connectivity index (χ4v) is 1.44. The maximum atomic E-state index is 5.55. The zero-order chi connectivity index (χ0) is 10.8. The van der Waals surface area contributed by atoms with Gasteiger partial charge in [0.05, 0.1) is 5.69 Å². The topological polar surface area (TPSA) is 54.7 Å². The standard InChI is InChI=1S/C12H13N3/c1-8(2)9-4-3-5-10(6-9)11-7-12(13)15-14-11/h3-7H,1H2,2H3,(H3,13,14,15). The first kappa shape index (κ1) is 9.52. The lowest BCUT2D eigenvalue weighted by atomic mass is 10.0. The van der Waals surface area contributed by atoms with Crippen molar-refractivity contribution in [2.45, 2.75) is 6.92 Å². The van der Waals surface area contributed by atoms with E-state index in [-0.39, 0.29) is 0 Å². The monoisotopic (exact) mass is 199 g/mol. The summed E-state index contributed by atoms with van der Waals surface area (Å²) in [5.74, 6) is 0.505.